The molecule has 21 heavy (non-hydrogen) atoms. The van der Waals surface area contributed by atoms with Gasteiger partial charge in [0.25, 0.3) is 0 Å². The van der Waals surface area contributed by atoms with Gasteiger partial charge >= 0.3 is 0 Å². The molecule has 1 aliphatic rings. The minimum atomic E-state index is -3.31. The van der Waals surface area contributed by atoms with E-state index in [-0.39, 0.29) is 5.75 Å². The van der Waals surface area contributed by atoms with Crippen molar-refractivity contribution in [1.82, 2.24) is 9.88 Å². The predicted octanol–water partition coefficient (Wildman–Crippen LogP) is 2.07. The summed E-state index contributed by atoms with van der Waals surface area (Å²) in [7, 11) is -1.31. The van der Waals surface area contributed by atoms with Crippen LogP contribution in [-0.2, 0) is 9.84 Å². The number of amidine groups is 1. The van der Waals surface area contributed by atoms with Crippen molar-refractivity contribution in [2.45, 2.75) is 17.7 Å². The summed E-state index contributed by atoms with van der Waals surface area (Å²) >= 11 is 0. The van der Waals surface area contributed by atoms with Crippen molar-refractivity contribution in [3.63, 3.8) is 0 Å². The second-order valence-electron chi connectivity index (χ2n) is 5.34. The van der Waals surface area contributed by atoms with E-state index >= 15 is 0 Å². The average Bonchev–Trinajstić information content (AvgIpc) is 3.05. The van der Waals surface area contributed by atoms with E-state index in [0.29, 0.717) is 11.4 Å². The minimum Gasteiger partial charge on any atom is -0.363 e. The van der Waals surface area contributed by atoms with Crippen LogP contribution in [0.1, 0.15) is 12.8 Å². The van der Waals surface area contributed by atoms with E-state index in [1.165, 1.54) is 0 Å². The highest BCUT2D eigenvalue weighted by Gasteiger charge is 2.19. The summed E-state index contributed by atoms with van der Waals surface area (Å²) in [5.74, 6) is 1.07. The molecule has 112 valence electrons. The van der Waals surface area contributed by atoms with Crippen molar-refractivity contribution in [1.29, 1.82) is 0 Å². The average molecular weight is 305 g/mol. The molecule has 0 spiro atoms. The molecule has 0 atom stereocenters. The molecule has 5 nitrogen and oxygen atoms in total. The summed E-state index contributed by atoms with van der Waals surface area (Å²) in [5, 5.41) is 0.753. The molecule has 3 rings (SSSR count). The maximum atomic E-state index is 12.5. The molecule has 1 fully saturated rings. The van der Waals surface area contributed by atoms with E-state index in [2.05, 4.69) is 14.9 Å². The van der Waals surface area contributed by atoms with Crippen molar-refractivity contribution in [2.24, 2.45) is 4.99 Å². The Bertz CT molecular complexity index is 777. The summed E-state index contributed by atoms with van der Waals surface area (Å²) in [6.45, 7) is 1.33. The van der Waals surface area contributed by atoms with E-state index in [0.717, 1.165) is 36.1 Å². The van der Waals surface area contributed by atoms with Crippen LogP contribution < -0.4 is 0 Å². The lowest BCUT2D eigenvalue weighted by molar-refractivity contribution is 0.548. The van der Waals surface area contributed by atoms with E-state index in [4.69, 9.17) is 0 Å². The van der Waals surface area contributed by atoms with Gasteiger partial charge < -0.3 is 9.88 Å². The molecular weight excluding hydrogens is 286 g/mol. The molecule has 0 radical (unpaired) electrons. The molecule has 2 aromatic rings. The van der Waals surface area contributed by atoms with Crippen LogP contribution in [0, 0.1) is 0 Å². The number of H-pyrrole nitrogens is 1. The van der Waals surface area contributed by atoms with Gasteiger partial charge in [-0.3, -0.25) is 4.99 Å². The molecule has 1 aromatic carbocycles. The van der Waals surface area contributed by atoms with Gasteiger partial charge in [-0.25, -0.2) is 8.42 Å². The topological polar surface area (TPSA) is 65.5 Å². The predicted molar refractivity (Wildman–Crippen MR) is 84.5 cm³/mol. The number of hydrogen-bond donors (Lipinski definition) is 1. The number of benzene rings is 1. The van der Waals surface area contributed by atoms with E-state index < -0.39 is 9.84 Å². The summed E-state index contributed by atoms with van der Waals surface area (Å²) in [6.07, 6.45) is 3.63. The second-order valence-corrected chi connectivity index (χ2v) is 7.42. The Morgan fingerprint density at radius 1 is 1.33 bits per heavy atom. The van der Waals surface area contributed by atoms with Crippen LogP contribution in [0.25, 0.3) is 10.9 Å². The number of para-hydroxylation sites is 1. The zero-order valence-corrected chi connectivity index (χ0v) is 12.9. The molecule has 0 bridgehead atoms. The Hall–Kier alpha value is -1.82. The van der Waals surface area contributed by atoms with Gasteiger partial charge in [0, 0.05) is 37.1 Å². The molecule has 0 aliphatic carbocycles. The number of rotatable bonds is 4. The molecule has 0 saturated carbocycles. The number of sulfone groups is 1. The van der Waals surface area contributed by atoms with Crippen molar-refractivity contribution in [3.05, 3.63) is 30.5 Å². The van der Waals surface area contributed by atoms with E-state index in [1.807, 2.05) is 31.3 Å². The molecule has 1 aliphatic heterocycles. The van der Waals surface area contributed by atoms with Gasteiger partial charge in [-0.2, -0.15) is 0 Å². The van der Waals surface area contributed by atoms with Crippen LogP contribution in [0.4, 0.5) is 0 Å². The van der Waals surface area contributed by atoms with Gasteiger partial charge in [0.15, 0.2) is 9.84 Å². The molecule has 0 unspecified atom stereocenters. The molecule has 6 heteroatoms. The van der Waals surface area contributed by atoms with Crippen LogP contribution in [0.3, 0.4) is 0 Å². The first-order chi connectivity index (χ1) is 10.1. The molecule has 2 heterocycles. The van der Waals surface area contributed by atoms with Gasteiger partial charge in [-0.1, -0.05) is 18.2 Å². The lowest BCUT2D eigenvalue weighted by atomic mass is 10.2. The molecule has 1 saturated heterocycles. The lowest BCUT2D eigenvalue weighted by Gasteiger charge is -2.10. The van der Waals surface area contributed by atoms with Gasteiger partial charge in [0.05, 0.1) is 23.0 Å². The standard InChI is InChI=1S/C15H19N3O2S/c1-18-9-4-7-15(18)16-8-10-21(19,20)14-11-17-13-6-3-2-5-12(13)14/h2-3,5-6,11,17H,4,7-10H2,1H3. The highest BCUT2D eigenvalue weighted by molar-refractivity contribution is 7.91. The maximum Gasteiger partial charge on any atom is 0.182 e. The fourth-order valence-electron chi connectivity index (χ4n) is 2.70. The van der Waals surface area contributed by atoms with Crippen LogP contribution >= 0.6 is 0 Å². The number of fused-ring (bicyclic) bond motifs is 1. The Kier molecular flexibility index (Phi) is 3.71. The third-order valence-corrected chi connectivity index (χ3v) is 5.60. The smallest absolute Gasteiger partial charge is 0.182 e. The fourth-order valence-corrected chi connectivity index (χ4v) is 4.00. The van der Waals surface area contributed by atoms with E-state index in [9.17, 15) is 8.42 Å². The highest BCUT2D eigenvalue weighted by Crippen LogP contribution is 2.23. The van der Waals surface area contributed by atoms with Crippen molar-refractivity contribution in [2.75, 3.05) is 25.9 Å². The molecular formula is C15H19N3O2S. The van der Waals surface area contributed by atoms with Crippen LogP contribution in [0.5, 0.6) is 0 Å². The first-order valence-corrected chi connectivity index (χ1v) is 8.76. The summed E-state index contributed by atoms with van der Waals surface area (Å²) < 4.78 is 24.9. The number of aliphatic imine (C=N–C) groups is 1. The Morgan fingerprint density at radius 3 is 2.90 bits per heavy atom. The number of aromatic nitrogens is 1. The van der Waals surface area contributed by atoms with Crippen molar-refractivity contribution >= 4 is 26.6 Å². The van der Waals surface area contributed by atoms with Gasteiger partial charge in [0.2, 0.25) is 0 Å². The summed E-state index contributed by atoms with van der Waals surface area (Å²) in [5.41, 5.74) is 0.845. The molecule has 0 amide bonds. The molecule has 1 aromatic heterocycles. The number of hydrogen-bond acceptors (Lipinski definition) is 3. The van der Waals surface area contributed by atoms with Crippen molar-refractivity contribution < 1.29 is 8.42 Å². The van der Waals surface area contributed by atoms with Crippen LogP contribution in [-0.4, -0.2) is 50.0 Å². The Labute approximate surface area is 124 Å². The zero-order valence-electron chi connectivity index (χ0n) is 12.0. The SMILES string of the molecule is CN1CCCC1=NCCS(=O)(=O)c1c[nH]c2ccccc12. The zero-order chi connectivity index (χ0) is 14.9. The third kappa shape index (κ3) is 2.81. The largest absolute Gasteiger partial charge is 0.363 e. The van der Waals surface area contributed by atoms with Crippen molar-refractivity contribution in [3.8, 4) is 0 Å². The number of aromatic amines is 1. The molecule has 1 N–H and O–H groups in total. The number of nitrogens with zero attached hydrogens (tertiary/aromatic N) is 2. The van der Waals surface area contributed by atoms with Crippen LogP contribution in [0.15, 0.2) is 40.4 Å². The van der Waals surface area contributed by atoms with Gasteiger partial charge in [0.1, 0.15) is 0 Å². The number of nitrogens with one attached hydrogen (secondary N) is 1. The van der Waals surface area contributed by atoms with Crippen LogP contribution in [0.2, 0.25) is 0 Å². The second kappa shape index (κ2) is 5.52. The maximum absolute atomic E-state index is 12.5. The Balaban J connectivity index is 1.78. The quantitative estimate of drug-likeness (QED) is 0.940. The third-order valence-electron chi connectivity index (χ3n) is 3.88. The van der Waals surface area contributed by atoms with E-state index in [1.54, 1.807) is 6.20 Å². The highest BCUT2D eigenvalue weighted by atomic mass is 32.2. The first kappa shape index (κ1) is 14.1. The number of likely N-dealkylation sites (tertiary alicyclic amines) is 1. The monoisotopic (exact) mass is 305 g/mol. The van der Waals surface area contributed by atoms with Gasteiger partial charge in [-0.15, -0.1) is 0 Å². The first-order valence-electron chi connectivity index (χ1n) is 7.11. The normalized spacial score (nSPS) is 18.0. The minimum absolute atomic E-state index is 0.0478. The Morgan fingerprint density at radius 2 is 2.14 bits per heavy atom. The fraction of sp³-hybridized carbons (Fsp3) is 0.400. The van der Waals surface area contributed by atoms with Gasteiger partial charge in [-0.05, 0) is 12.5 Å². The summed E-state index contributed by atoms with van der Waals surface area (Å²) in [6, 6.07) is 7.44. The summed E-state index contributed by atoms with van der Waals surface area (Å²) in [4.78, 5) is 9.91. The lowest BCUT2D eigenvalue weighted by Crippen LogP contribution is -2.20.